The number of carboxylic acid groups (broad SMARTS) is 1. The van der Waals surface area contributed by atoms with Crippen molar-refractivity contribution in [3.05, 3.63) is 0 Å². The Kier molecular flexibility index (Phi) is 3.94. The van der Waals surface area contributed by atoms with Crippen molar-refractivity contribution in [2.75, 3.05) is 0 Å². The van der Waals surface area contributed by atoms with Gasteiger partial charge in [0.05, 0.1) is 0 Å². The third-order valence-corrected chi connectivity index (χ3v) is 3.37. The van der Waals surface area contributed by atoms with Gasteiger partial charge in [-0.1, -0.05) is 20.3 Å². The summed E-state index contributed by atoms with van der Waals surface area (Å²) in [4.78, 5) is 22.9. The van der Waals surface area contributed by atoms with Crippen molar-refractivity contribution in [2.45, 2.75) is 52.0 Å². The molecular weight excluding hydrogens is 206 g/mol. The summed E-state index contributed by atoms with van der Waals surface area (Å²) in [6.45, 7) is 5.60. The second-order valence-electron chi connectivity index (χ2n) is 5.15. The topological polar surface area (TPSA) is 66.4 Å². The van der Waals surface area contributed by atoms with E-state index in [0.29, 0.717) is 12.3 Å². The van der Waals surface area contributed by atoms with Crippen LogP contribution in [0.25, 0.3) is 0 Å². The third kappa shape index (κ3) is 2.74. The predicted octanol–water partition coefficient (Wildman–Crippen LogP) is 1.79. The molecule has 1 atom stereocenters. The monoisotopic (exact) mass is 227 g/mol. The average Bonchev–Trinajstić information content (AvgIpc) is 2.12. The minimum atomic E-state index is -1.11. The van der Waals surface area contributed by atoms with Gasteiger partial charge >= 0.3 is 5.97 Å². The van der Waals surface area contributed by atoms with Gasteiger partial charge in [-0.15, -0.1) is 0 Å². The van der Waals surface area contributed by atoms with Crippen molar-refractivity contribution < 1.29 is 14.7 Å². The summed E-state index contributed by atoms with van der Waals surface area (Å²) in [7, 11) is 0. The summed E-state index contributed by atoms with van der Waals surface area (Å²) in [6.07, 6.45) is 2.97. The first-order chi connectivity index (χ1) is 7.39. The molecule has 1 rings (SSSR count). The molecule has 2 N–H and O–H groups in total. The van der Waals surface area contributed by atoms with E-state index in [1.54, 1.807) is 6.92 Å². The standard InChI is InChI=1S/C12H21NO3/c1-4-5-12(3,11(15)16)13-10(14)9-6-8(2)7-9/h8-9H,4-7H2,1-3H3,(H,13,14)(H,15,16). The van der Waals surface area contributed by atoms with Gasteiger partial charge in [-0.25, -0.2) is 4.79 Å². The lowest BCUT2D eigenvalue weighted by Gasteiger charge is -2.35. The molecule has 4 heteroatoms. The zero-order valence-corrected chi connectivity index (χ0v) is 10.2. The van der Waals surface area contributed by atoms with E-state index in [0.717, 1.165) is 19.3 Å². The van der Waals surface area contributed by atoms with E-state index >= 15 is 0 Å². The molecule has 1 aliphatic rings. The van der Waals surface area contributed by atoms with Gasteiger partial charge in [-0.2, -0.15) is 0 Å². The van der Waals surface area contributed by atoms with Gasteiger partial charge in [0.2, 0.25) is 5.91 Å². The molecule has 0 saturated heterocycles. The van der Waals surface area contributed by atoms with Crippen LogP contribution in [0.2, 0.25) is 0 Å². The van der Waals surface area contributed by atoms with E-state index in [-0.39, 0.29) is 11.8 Å². The molecule has 1 aliphatic carbocycles. The van der Waals surface area contributed by atoms with Crippen LogP contribution in [0, 0.1) is 11.8 Å². The Labute approximate surface area is 96.4 Å². The number of amides is 1. The number of aliphatic carboxylic acids is 1. The minimum Gasteiger partial charge on any atom is -0.480 e. The molecule has 1 unspecified atom stereocenters. The van der Waals surface area contributed by atoms with Crippen molar-refractivity contribution in [1.82, 2.24) is 5.32 Å². The molecule has 1 saturated carbocycles. The van der Waals surface area contributed by atoms with Crippen LogP contribution in [-0.4, -0.2) is 22.5 Å². The Morgan fingerprint density at radius 3 is 2.38 bits per heavy atom. The van der Waals surface area contributed by atoms with Crippen LogP contribution in [0.3, 0.4) is 0 Å². The Morgan fingerprint density at radius 2 is 2.00 bits per heavy atom. The molecule has 0 aliphatic heterocycles. The lowest BCUT2D eigenvalue weighted by atomic mass is 9.75. The first kappa shape index (κ1) is 13.0. The molecule has 0 heterocycles. The number of hydrogen-bond acceptors (Lipinski definition) is 2. The van der Waals surface area contributed by atoms with Crippen molar-refractivity contribution in [3.63, 3.8) is 0 Å². The molecule has 4 nitrogen and oxygen atoms in total. The lowest BCUT2D eigenvalue weighted by molar-refractivity contribution is -0.148. The smallest absolute Gasteiger partial charge is 0.329 e. The summed E-state index contributed by atoms with van der Waals surface area (Å²) < 4.78 is 0. The number of rotatable bonds is 5. The molecule has 0 radical (unpaired) electrons. The van der Waals surface area contributed by atoms with Crippen LogP contribution in [0.15, 0.2) is 0 Å². The van der Waals surface area contributed by atoms with Gasteiger partial charge in [0, 0.05) is 5.92 Å². The first-order valence-electron chi connectivity index (χ1n) is 5.94. The van der Waals surface area contributed by atoms with Gasteiger partial charge < -0.3 is 10.4 Å². The van der Waals surface area contributed by atoms with Gasteiger partial charge in [-0.05, 0) is 32.1 Å². The highest BCUT2D eigenvalue weighted by molar-refractivity contribution is 5.88. The number of hydrogen-bond donors (Lipinski definition) is 2. The maximum absolute atomic E-state index is 11.8. The summed E-state index contributed by atoms with van der Waals surface area (Å²) in [6, 6.07) is 0. The maximum Gasteiger partial charge on any atom is 0.329 e. The zero-order valence-electron chi connectivity index (χ0n) is 10.2. The Balaban J connectivity index is 2.55. The summed E-state index contributed by atoms with van der Waals surface area (Å²) in [5.41, 5.74) is -1.11. The van der Waals surface area contributed by atoms with E-state index in [9.17, 15) is 9.59 Å². The van der Waals surface area contributed by atoms with Gasteiger partial charge in [0.1, 0.15) is 5.54 Å². The number of carboxylic acids is 1. The lowest BCUT2D eigenvalue weighted by Crippen LogP contribution is -2.55. The van der Waals surface area contributed by atoms with Crippen LogP contribution < -0.4 is 5.32 Å². The highest BCUT2D eigenvalue weighted by atomic mass is 16.4. The second-order valence-corrected chi connectivity index (χ2v) is 5.15. The summed E-state index contributed by atoms with van der Waals surface area (Å²) in [5.74, 6) is -0.435. The molecule has 0 aromatic heterocycles. The largest absolute Gasteiger partial charge is 0.480 e. The van der Waals surface area contributed by atoms with E-state index in [1.807, 2.05) is 6.92 Å². The Morgan fingerprint density at radius 1 is 1.44 bits per heavy atom. The summed E-state index contributed by atoms with van der Waals surface area (Å²) in [5, 5.41) is 11.8. The fourth-order valence-corrected chi connectivity index (χ4v) is 2.21. The molecule has 92 valence electrons. The predicted molar refractivity (Wildman–Crippen MR) is 61.0 cm³/mol. The first-order valence-corrected chi connectivity index (χ1v) is 5.94. The number of carbonyl (C=O) groups excluding carboxylic acids is 1. The van der Waals surface area contributed by atoms with Gasteiger partial charge in [-0.3, -0.25) is 4.79 Å². The minimum absolute atomic E-state index is 0.0190. The number of carbonyl (C=O) groups is 2. The maximum atomic E-state index is 11.8. The molecule has 0 bridgehead atoms. The van der Waals surface area contributed by atoms with E-state index in [2.05, 4.69) is 12.2 Å². The summed E-state index contributed by atoms with van der Waals surface area (Å²) >= 11 is 0. The SMILES string of the molecule is CCCC(C)(NC(=O)C1CC(C)C1)C(=O)O. The Bertz CT molecular complexity index is 284. The number of nitrogens with one attached hydrogen (secondary N) is 1. The van der Waals surface area contributed by atoms with Crippen LogP contribution in [0.4, 0.5) is 0 Å². The highest BCUT2D eigenvalue weighted by Crippen LogP contribution is 2.33. The normalized spacial score (nSPS) is 27.7. The van der Waals surface area contributed by atoms with E-state index < -0.39 is 11.5 Å². The van der Waals surface area contributed by atoms with Crippen LogP contribution in [0.1, 0.15) is 46.5 Å². The van der Waals surface area contributed by atoms with Gasteiger partial charge in [0.25, 0.3) is 0 Å². The van der Waals surface area contributed by atoms with Crippen LogP contribution in [-0.2, 0) is 9.59 Å². The molecule has 16 heavy (non-hydrogen) atoms. The molecule has 0 aromatic carbocycles. The molecule has 0 spiro atoms. The van der Waals surface area contributed by atoms with E-state index in [4.69, 9.17) is 5.11 Å². The average molecular weight is 227 g/mol. The van der Waals surface area contributed by atoms with Crippen molar-refractivity contribution in [3.8, 4) is 0 Å². The second kappa shape index (κ2) is 4.85. The Hall–Kier alpha value is -1.06. The molecular formula is C12H21NO3. The molecule has 1 fully saturated rings. The van der Waals surface area contributed by atoms with Crippen LogP contribution >= 0.6 is 0 Å². The van der Waals surface area contributed by atoms with Crippen molar-refractivity contribution >= 4 is 11.9 Å². The van der Waals surface area contributed by atoms with Crippen molar-refractivity contribution in [1.29, 1.82) is 0 Å². The van der Waals surface area contributed by atoms with Gasteiger partial charge in [0.15, 0.2) is 0 Å². The fraction of sp³-hybridized carbons (Fsp3) is 0.833. The van der Waals surface area contributed by atoms with E-state index in [1.165, 1.54) is 0 Å². The quantitative estimate of drug-likeness (QED) is 0.752. The molecule has 1 amide bonds. The van der Waals surface area contributed by atoms with Crippen LogP contribution in [0.5, 0.6) is 0 Å². The van der Waals surface area contributed by atoms with Crippen molar-refractivity contribution in [2.24, 2.45) is 11.8 Å². The fourth-order valence-electron chi connectivity index (χ4n) is 2.21. The molecule has 0 aromatic rings. The third-order valence-electron chi connectivity index (χ3n) is 3.37. The zero-order chi connectivity index (χ0) is 12.3. The highest BCUT2D eigenvalue weighted by Gasteiger charge is 2.38.